The quantitative estimate of drug-likeness (QED) is 0.708. The molecule has 1 aliphatic rings. The van der Waals surface area contributed by atoms with Gasteiger partial charge in [-0.25, -0.2) is 4.79 Å². The standard InChI is InChI=1S/C11H17N5OS/c12-9(18)8-7-13-15-10(8)14-11(17)16-5-3-1-2-4-6-16/h7H,1-6H2,(H2,12,18)(H2,13,14,15,17). The number of nitrogens with two attached hydrogens (primary N) is 1. The van der Waals surface area contributed by atoms with Crippen molar-refractivity contribution in [2.45, 2.75) is 25.7 Å². The summed E-state index contributed by atoms with van der Waals surface area (Å²) in [6, 6.07) is -0.126. The predicted octanol–water partition coefficient (Wildman–Crippen LogP) is 1.45. The van der Waals surface area contributed by atoms with Crippen molar-refractivity contribution in [3.8, 4) is 0 Å². The fraction of sp³-hybridized carbons (Fsp3) is 0.545. The highest BCUT2D eigenvalue weighted by Gasteiger charge is 2.17. The minimum Gasteiger partial charge on any atom is -0.389 e. The molecule has 0 unspecified atom stereocenters. The number of nitrogens with one attached hydrogen (secondary N) is 2. The van der Waals surface area contributed by atoms with E-state index >= 15 is 0 Å². The van der Waals surface area contributed by atoms with E-state index in [2.05, 4.69) is 15.5 Å². The summed E-state index contributed by atoms with van der Waals surface area (Å²) in [4.78, 5) is 14.1. The van der Waals surface area contributed by atoms with Gasteiger partial charge in [0.1, 0.15) is 10.8 Å². The topological polar surface area (TPSA) is 87.0 Å². The van der Waals surface area contributed by atoms with Crippen LogP contribution in [0.1, 0.15) is 31.2 Å². The molecule has 18 heavy (non-hydrogen) atoms. The zero-order valence-corrected chi connectivity index (χ0v) is 10.9. The maximum atomic E-state index is 12.1. The second-order valence-corrected chi connectivity index (χ2v) is 4.79. The zero-order valence-electron chi connectivity index (χ0n) is 10.1. The molecule has 2 amide bonds. The number of likely N-dealkylation sites (tertiary alicyclic amines) is 1. The van der Waals surface area contributed by atoms with Gasteiger partial charge in [-0.1, -0.05) is 25.1 Å². The molecule has 0 aliphatic carbocycles. The third kappa shape index (κ3) is 2.98. The van der Waals surface area contributed by atoms with Gasteiger partial charge < -0.3 is 10.6 Å². The molecule has 1 fully saturated rings. The first-order chi connectivity index (χ1) is 8.68. The fourth-order valence-corrected chi connectivity index (χ4v) is 2.18. The van der Waals surface area contributed by atoms with Crippen LogP contribution in [0.3, 0.4) is 0 Å². The lowest BCUT2D eigenvalue weighted by atomic mass is 10.2. The Bertz CT molecular complexity index is 436. The number of anilines is 1. The molecule has 0 aromatic carbocycles. The van der Waals surface area contributed by atoms with E-state index in [1.807, 2.05) is 4.90 Å². The van der Waals surface area contributed by atoms with Crippen molar-refractivity contribution in [1.82, 2.24) is 15.1 Å². The monoisotopic (exact) mass is 267 g/mol. The van der Waals surface area contributed by atoms with Crippen LogP contribution in [0.4, 0.5) is 10.6 Å². The number of thiocarbonyl (C=S) groups is 1. The van der Waals surface area contributed by atoms with Crippen LogP contribution in [0.5, 0.6) is 0 Å². The predicted molar refractivity (Wildman–Crippen MR) is 73.5 cm³/mol. The molecule has 1 aromatic heterocycles. The zero-order chi connectivity index (χ0) is 13.0. The van der Waals surface area contributed by atoms with Crippen molar-refractivity contribution in [3.63, 3.8) is 0 Å². The van der Waals surface area contributed by atoms with Gasteiger partial charge in [-0.2, -0.15) is 5.10 Å². The number of aromatic nitrogens is 2. The fourth-order valence-electron chi connectivity index (χ4n) is 2.03. The smallest absolute Gasteiger partial charge is 0.323 e. The normalized spacial score (nSPS) is 16.1. The molecule has 0 atom stereocenters. The van der Waals surface area contributed by atoms with Gasteiger partial charge in [0.05, 0.1) is 11.8 Å². The Morgan fingerprint density at radius 2 is 2.06 bits per heavy atom. The van der Waals surface area contributed by atoms with E-state index in [9.17, 15) is 4.79 Å². The lowest BCUT2D eigenvalue weighted by molar-refractivity contribution is 0.213. The molecule has 0 spiro atoms. The summed E-state index contributed by atoms with van der Waals surface area (Å²) < 4.78 is 0. The number of aromatic amines is 1. The molecule has 0 radical (unpaired) electrons. The van der Waals surface area contributed by atoms with E-state index in [1.165, 1.54) is 19.0 Å². The number of hydrogen-bond donors (Lipinski definition) is 3. The molecule has 0 saturated carbocycles. The third-order valence-corrected chi connectivity index (χ3v) is 3.25. The van der Waals surface area contributed by atoms with Gasteiger partial charge in [-0.3, -0.25) is 10.4 Å². The Morgan fingerprint density at radius 1 is 1.39 bits per heavy atom. The van der Waals surface area contributed by atoms with Gasteiger partial charge >= 0.3 is 6.03 Å². The van der Waals surface area contributed by atoms with Gasteiger partial charge in [-0.05, 0) is 12.8 Å². The molecule has 4 N–H and O–H groups in total. The van der Waals surface area contributed by atoms with E-state index in [0.717, 1.165) is 25.9 Å². The molecule has 7 heteroatoms. The average Bonchev–Trinajstić information content (AvgIpc) is 2.63. The van der Waals surface area contributed by atoms with E-state index < -0.39 is 0 Å². The number of amides is 2. The number of hydrogen-bond acceptors (Lipinski definition) is 3. The van der Waals surface area contributed by atoms with Gasteiger partial charge in [0.2, 0.25) is 0 Å². The second kappa shape index (κ2) is 5.81. The van der Waals surface area contributed by atoms with Crippen LogP contribution in [0.15, 0.2) is 6.20 Å². The summed E-state index contributed by atoms with van der Waals surface area (Å²) in [6.45, 7) is 1.59. The first kappa shape index (κ1) is 12.8. The first-order valence-corrected chi connectivity index (χ1v) is 6.48. The molecule has 6 nitrogen and oxygen atoms in total. The van der Waals surface area contributed by atoms with Gasteiger partial charge in [0, 0.05) is 13.1 Å². The van der Waals surface area contributed by atoms with Gasteiger partial charge in [-0.15, -0.1) is 0 Å². The number of H-pyrrole nitrogens is 1. The molecule has 1 aliphatic heterocycles. The lowest BCUT2D eigenvalue weighted by Gasteiger charge is -2.20. The van der Waals surface area contributed by atoms with Crippen LogP contribution in [0.2, 0.25) is 0 Å². The number of carbonyl (C=O) groups excluding carboxylic acids is 1. The molecule has 2 rings (SSSR count). The Morgan fingerprint density at radius 3 is 2.67 bits per heavy atom. The Kier molecular flexibility index (Phi) is 4.14. The summed E-state index contributed by atoms with van der Waals surface area (Å²) in [7, 11) is 0. The maximum Gasteiger partial charge on any atom is 0.323 e. The van der Waals surface area contributed by atoms with Crippen LogP contribution in [-0.2, 0) is 0 Å². The van der Waals surface area contributed by atoms with Crippen LogP contribution >= 0.6 is 12.2 Å². The average molecular weight is 267 g/mol. The third-order valence-electron chi connectivity index (χ3n) is 3.03. The number of carbonyl (C=O) groups is 1. The highest BCUT2D eigenvalue weighted by Crippen LogP contribution is 2.14. The van der Waals surface area contributed by atoms with Crippen LogP contribution < -0.4 is 11.1 Å². The van der Waals surface area contributed by atoms with E-state index in [1.54, 1.807) is 0 Å². The Balaban J connectivity index is 2.01. The Hall–Kier alpha value is -1.63. The van der Waals surface area contributed by atoms with Crippen molar-refractivity contribution in [3.05, 3.63) is 11.8 Å². The minimum absolute atomic E-state index is 0.126. The maximum absolute atomic E-state index is 12.1. The van der Waals surface area contributed by atoms with Crippen molar-refractivity contribution in [2.75, 3.05) is 18.4 Å². The van der Waals surface area contributed by atoms with E-state index in [0.29, 0.717) is 11.4 Å². The Labute approximate surface area is 111 Å². The molecule has 2 heterocycles. The van der Waals surface area contributed by atoms with Crippen molar-refractivity contribution >= 4 is 29.1 Å². The molecular weight excluding hydrogens is 250 g/mol. The number of rotatable bonds is 2. The first-order valence-electron chi connectivity index (χ1n) is 6.07. The summed E-state index contributed by atoms with van der Waals surface area (Å²) in [5.41, 5.74) is 6.11. The number of urea groups is 1. The van der Waals surface area contributed by atoms with Crippen molar-refractivity contribution < 1.29 is 4.79 Å². The SMILES string of the molecule is NC(=S)c1cn[nH]c1NC(=O)N1CCCCCC1. The second-order valence-electron chi connectivity index (χ2n) is 4.35. The van der Waals surface area contributed by atoms with Crippen molar-refractivity contribution in [1.29, 1.82) is 0 Å². The van der Waals surface area contributed by atoms with Crippen molar-refractivity contribution in [2.24, 2.45) is 5.73 Å². The lowest BCUT2D eigenvalue weighted by Crippen LogP contribution is -2.36. The van der Waals surface area contributed by atoms with Gasteiger partial charge in [0.15, 0.2) is 0 Å². The van der Waals surface area contributed by atoms with Crippen LogP contribution in [0.25, 0.3) is 0 Å². The summed E-state index contributed by atoms with van der Waals surface area (Å²) >= 11 is 4.89. The van der Waals surface area contributed by atoms with E-state index in [-0.39, 0.29) is 11.0 Å². The molecule has 98 valence electrons. The van der Waals surface area contributed by atoms with Crippen LogP contribution in [-0.4, -0.2) is 39.2 Å². The summed E-state index contributed by atoms with van der Waals surface area (Å²) in [6.07, 6.45) is 6.00. The largest absolute Gasteiger partial charge is 0.389 e. The highest BCUT2D eigenvalue weighted by molar-refractivity contribution is 7.80. The number of nitrogens with zero attached hydrogens (tertiary/aromatic N) is 2. The molecule has 1 saturated heterocycles. The minimum atomic E-state index is -0.126. The molecular formula is C11H17N5OS. The molecule has 0 bridgehead atoms. The molecule has 1 aromatic rings. The van der Waals surface area contributed by atoms with Gasteiger partial charge in [0.25, 0.3) is 0 Å². The van der Waals surface area contributed by atoms with E-state index in [4.69, 9.17) is 18.0 Å². The summed E-state index contributed by atoms with van der Waals surface area (Å²) in [5.74, 6) is 0.469. The summed E-state index contributed by atoms with van der Waals surface area (Å²) in [5, 5.41) is 9.30. The highest BCUT2D eigenvalue weighted by atomic mass is 32.1. The van der Waals surface area contributed by atoms with Crippen LogP contribution in [0, 0.1) is 0 Å².